The Kier molecular flexibility index (Phi) is 3.48. The van der Waals surface area contributed by atoms with Crippen LogP contribution in [0.4, 0.5) is 0 Å². The highest BCUT2D eigenvalue weighted by molar-refractivity contribution is 7.99. The molecule has 0 aliphatic heterocycles. The van der Waals surface area contributed by atoms with Crippen LogP contribution in [0.2, 0.25) is 0 Å². The van der Waals surface area contributed by atoms with Gasteiger partial charge in [0.25, 0.3) is 0 Å². The van der Waals surface area contributed by atoms with Gasteiger partial charge in [0.05, 0.1) is 0 Å². The average Bonchev–Trinajstić information content (AvgIpc) is 1.65. The summed E-state index contributed by atoms with van der Waals surface area (Å²) in [5.74, 6) is 0. The largest absolute Gasteiger partial charge is 0.327 e. The van der Waals surface area contributed by atoms with E-state index < -0.39 is 0 Å². The standard InChI is InChI=1S/C5H13NS/c1-4(6)5(2)7-3/h4-5H,6H2,1-3H3. The Morgan fingerprint density at radius 3 is 1.86 bits per heavy atom. The molecule has 44 valence electrons. The minimum atomic E-state index is 0.329. The van der Waals surface area contributed by atoms with Crippen molar-refractivity contribution in [3.05, 3.63) is 0 Å². The first-order valence-corrected chi connectivity index (χ1v) is 3.75. The highest BCUT2D eigenvalue weighted by Gasteiger charge is 2.02. The molecule has 0 amide bonds. The summed E-state index contributed by atoms with van der Waals surface area (Å²) in [6, 6.07) is 0.329. The van der Waals surface area contributed by atoms with Gasteiger partial charge in [0.2, 0.25) is 0 Å². The highest BCUT2D eigenvalue weighted by Crippen LogP contribution is 2.06. The summed E-state index contributed by atoms with van der Waals surface area (Å²) < 4.78 is 0. The van der Waals surface area contributed by atoms with E-state index in [-0.39, 0.29) is 0 Å². The summed E-state index contributed by atoms with van der Waals surface area (Å²) >= 11 is 1.81. The number of nitrogens with two attached hydrogens (primary N) is 1. The van der Waals surface area contributed by atoms with Gasteiger partial charge in [-0.15, -0.1) is 0 Å². The van der Waals surface area contributed by atoms with E-state index in [9.17, 15) is 0 Å². The second-order valence-corrected chi connectivity index (χ2v) is 3.01. The van der Waals surface area contributed by atoms with Gasteiger partial charge in [-0.25, -0.2) is 0 Å². The van der Waals surface area contributed by atoms with Crippen molar-refractivity contribution < 1.29 is 0 Å². The van der Waals surface area contributed by atoms with Crippen LogP contribution in [-0.2, 0) is 0 Å². The monoisotopic (exact) mass is 119 g/mol. The summed E-state index contributed by atoms with van der Waals surface area (Å²) in [5.41, 5.74) is 5.53. The molecule has 0 heterocycles. The molecule has 0 aromatic heterocycles. The van der Waals surface area contributed by atoms with Crippen LogP contribution in [0.25, 0.3) is 0 Å². The molecule has 7 heavy (non-hydrogen) atoms. The molecule has 0 aromatic carbocycles. The first-order chi connectivity index (χ1) is 3.18. The first kappa shape index (κ1) is 7.31. The molecule has 0 spiro atoms. The Morgan fingerprint density at radius 2 is 1.86 bits per heavy atom. The van der Waals surface area contributed by atoms with E-state index in [1.54, 1.807) is 0 Å². The van der Waals surface area contributed by atoms with Gasteiger partial charge in [-0.05, 0) is 13.2 Å². The second kappa shape index (κ2) is 3.33. The third kappa shape index (κ3) is 2.94. The van der Waals surface area contributed by atoms with E-state index in [0.29, 0.717) is 11.3 Å². The predicted molar refractivity (Wildman–Crippen MR) is 36.6 cm³/mol. The topological polar surface area (TPSA) is 26.0 Å². The SMILES string of the molecule is CSC(C)C(C)N. The molecule has 0 rings (SSSR count). The first-order valence-electron chi connectivity index (χ1n) is 2.47. The molecule has 2 N–H and O–H groups in total. The fraction of sp³-hybridized carbons (Fsp3) is 1.00. The highest BCUT2D eigenvalue weighted by atomic mass is 32.2. The third-order valence-electron chi connectivity index (χ3n) is 1.11. The lowest BCUT2D eigenvalue weighted by molar-refractivity contribution is 0.732. The Bertz CT molecular complexity index is 45.3. The van der Waals surface area contributed by atoms with Crippen LogP contribution in [0.15, 0.2) is 0 Å². The molecule has 2 unspecified atom stereocenters. The van der Waals surface area contributed by atoms with E-state index in [1.165, 1.54) is 0 Å². The van der Waals surface area contributed by atoms with E-state index >= 15 is 0 Å². The zero-order valence-corrected chi connectivity index (χ0v) is 5.96. The maximum absolute atomic E-state index is 5.53. The molecule has 0 aliphatic rings. The van der Waals surface area contributed by atoms with Crippen LogP contribution < -0.4 is 5.73 Å². The minimum absolute atomic E-state index is 0.329. The molecule has 0 bridgehead atoms. The van der Waals surface area contributed by atoms with Gasteiger partial charge in [-0.1, -0.05) is 6.92 Å². The van der Waals surface area contributed by atoms with Gasteiger partial charge >= 0.3 is 0 Å². The molecule has 0 radical (unpaired) electrons. The smallest absolute Gasteiger partial charge is 0.0165 e. The van der Waals surface area contributed by atoms with Gasteiger partial charge in [0.1, 0.15) is 0 Å². The molecule has 0 fully saturated rings. The summed E-state index contributed by atoms with van der Waals surface area (Å²) in [7, 11) is 0. The van der Waals surface area contributed by atoms with Gasteiger partial charge < -0.3 is 5.73 Å². The Balaban J connectivity index is 3.14. The number of thioether (sulfide) groups is 1. The Hall–Kier alpha value is 0.310. The van der Waals surface area contributed by atoms with E-state index in [1.807, 2.05) is 18.7 Å². The lowest BCUT2D eigenvalue weighted by atomic mass is 10.3. The van der Waals surface area contributed by atoms with E-state index in [0.717, 1.165) is 0 Å². The maximum Gasteiger partial charge on any atom is 0.0165 e. The maximum atomic E-state index is 5.53. The fourth-order valence-electron chi connectivity index (χ4n) is 0.215. The molecule has 0 saturated heterocycles. The van der Waals surface area contributed by atoms with Crippen LogP contribution in [0.5, 0.6) is 0 Å². The molecule has 0 aliphatic carbocycles. The van der Waals surface area contributed by atoms with E-state index in [4.69, 9.17) is 5.73 Å². The van der Waals surface area contributed by atoms with Crippen molar-refractivity contribution in [2.45, 2.75) is 25.1 Å². The zero-order valence-electron chi connectivity index (χ0n) is 5.14. The van der Waals surface area contributed by atoms with Crippen LogP contribution in [0, 0.1) is 0 Å². The van der Waals surface area contributed by atoms with Crippen molar-refractivity contribution in [1.82, 2.24) is 0 Å². The molecule has 0 aromatic rings. The summed E-state index contributed by atoms with van der Waals surface area (Å²) in [6.45, 7) is 4.16. The van der Waals surface area contributed by atoms with E-state index in [2.05, 4.69) is 13.2 Å². The van der Waals surface area contributed by atoms with Crippen LogP contribution in [-0.4, -0.2) is 17.5 Å². The van der Waals surface area contributed by atoms with Crippen LogP contribution in [0.3, 0.4) is 0 Å². The number of hydrogen-bond acceptors (Lipinski definition) is 2. The van der Waals surface area contributed by atoms with Gasteiger partial charge in [-0.3, -0.25) is 0 Å². The molecule has 0 saturated carbocycles. The lowest BCUT2D eigenvalue weighted by Gasteiger charge is -2.10. The van der Waals surface area contributed by atoms with Crippen molar-refractivity contribution in [1.29, 1.82) is 0 Å². The van der Waals surface area contributed by atoms with Crippen LogP contribution in [0.1, 0.15) is 13.8 Å². The average molecular weight is 119 g/mol. The molecule has 1 nitrogen and oxygen atoms in total. The predicted octanol–water partition coefficient (Wildman–Crippen LogP) is 1.09. The minimum Gasteiger partial charge on any atom is -0.327 e. The van der Waals surface area contributed by atoms with Crippen molar-refractivity contribution in [2.75, 3.05) is 6.26 Å². The van der Waals surface area contributed by atoms with Crippen molar-refractivity contribution in [3.63, 3.8) is 0 Å². The van der Waals surface area contributed by atoms with Crippen molar-refractivity contribution in [2.24, 2.45) is 5.73 Å². The molecule has 2 atom stereocenters. The molecular weight excluding hydrogens is 106 g/mol. The van der Waals surface area contributed by atoms with Crippen LogP contribution >= 0.6 is 11.8 Å². The Labute approximate surface area is 49.7 Å². The van der Waals surface area contributed by atoms with Crippen molar-refractivity contribution in [3.8, 4) is 0 Å². The summed E-state index contributed by atoms with van der Waals surface area (Å²) in [4.78, 5) is 0. The Morgan fingerprint density at radius 1 is 1.43 bits per heavy atom. The summed E-state index contributed by atoms with van der Waals surface area (Å²) in [5, 5.41) is 0.597. The quantitative estimate of drug-likeness (QED) is 0.588. The molecular formula is C5H13NS. The second-order valence-electron chi connectivity index (χ2n) is 1.80. The molecule has 2 heteroatoms. The third-order valence-corrected chi connectivity index (χ3v) is 2.29. The number of rotatable bonds is 2. The fourth-order valence-corrected chi connectivity index (χ4v) is 0.644. The van der Waals surface area contributed by atoms with Gasteiger partial charge in [0, 0.05) is 11.3 Å². The van der Waals surface area contributed by atoms with Gasteiger partial charge in [-0.2, -0.15) is 11.8 Å². The van der Waals surface area contributed by atoms with Gasteiger partial charge in [0.15, 0.2) is 0 Å². The normalized spacial score (nSPS) is 18.9. The lowest BCUT2D eigenvalue weighted by Crippen LogP contribution is -2.25. The number of hydrogen-bond donors (Lipinski definition) is 1. The summed E-state index contributed by atoms with van der Waals surface area (Å²) in [6.07, 6.45) is 2.08. The zero-order chi connectivity index (χ0) is 5.86. The van der Waals surface area contributed by atoms with Crippen molar-refractivity contribution >= 4 is 11.8 Å².